The van der Waals surface area contributed by atoms with Gasteiger partial charge in [-0.25, -0.2) is 9.59 Å². The van der Waals surface area contributed by atoms with Crippen LogP contribution in [0.3, 0.4) is 0 Å². The lowest BCUT2D eigenvalue weighted by molar-refractivity contribution is -0.138. The number of carbonyl (C=O) groups excluding carboxylic acids is 2. The van der Waals surface area contributed by atoms with Crippen LogP contribution in [0.2, 0.25) is 0 Å². The Labute approximate surface area is 147 Å². The molecule has 0 aromatic carbocycles. The normalized spacial score (nSPS) is 15.6. The van der Waals surface area contributed by atoms with Gasteiger partial charge < -0.3 is 14.5 Å². The molecular weight excluding hydrogens is 320 g/mol. The SMILES string of the molecule is CCOC(=O)C1=C(C)C(C)=N/C1=C\c1[nH]c(C)c(C)c1C(=O)OCC. The van der Waals surface area contributed by atoms with Gasteiger partial charge in [-0.05, 0) is 58.8 Å². The molecule has 2 rings (SSSR count). The third-order valence-electron chi connectivity index (χ3n) is 4.23. The highest BCUT2D eigenvalue weighted by Crippen LogP contribution is 2.30. The molecule has 1 N–H and O–H groups in total. The molecule has 25 heavy (non-hydrogen) atoms. The number of rotatable bonds is 5. The van der Waals surface area contributed by atoms with Gasteiger partial charge in [0.1, 0.15) is 0 Å². The summed E-state index contributed by atoms with van der Waals surface area (Å²) in [6.07, 6.45) is 1.71. The second-order valence-electron chi connectivity index (χ2n) is 5.83. The summed E-state index contributed by atoms with van der Waals surface area (Å²) in [6.45, 7) is 11.5. The van der Waals surface area contributed by atoms with E-state index >= 15 is 0 Å². The van der Waals surface area contributed by atoms with Crippen molar-refractivity contribution in [2.24, 2.45) is 4.99 Å². The monoisotopic (exact) mass is 344 g/mol. The summed E-state index contributed by atoms with van der Waals surface area (Å²) in [7, 11) is 0. The number of esters is 2. The average Bonchev–Trinajstić information content (AvgIpc) is 2.97. The van der Waals surface area contributed by atoms with E-state index in [4.69, 9.17) is 9.47 Å². The third-order valence-corrected chi connectivity index (χ3v) is 4.23. The fourth-order valence-electron chi connectivity index (χ4n) is 2.72. The van der Waals surface area contributed by atoms with Crippen molar-refractivity contribution in [1.82, 2.24) is 4.98 Å². The van der Waals surface area contributed by atoms with Crippen molar-refractivity contribution in [3.8, 4) is 0 Å². The summed E-state index contributed by atoms with van der Waals surface area (Å²) in [5.41, 5.74) is 5.19. The Hall–Kier alpha value is -2.63. The van der Waals surface area contributed by atoms with Crippen LogP contribution >= 0.6 is 0 Å². The molecule has 2 heterocycles. The highest BCUT2D eigenvalue weighted by Gasteiger charge is 2.27. The average molecular weight is 344 g/mol. The summed E-state index contributed by atoms with van der Waals surface area (Å²) in [6, 6.07) is 0. The molecular formula is C19H24N2O4. The van der Waals surface area contributed by atoms with Crippen molar-refractivity contribution in [3.05, 3.63) is 39.4 Å². The van der Waals surface area contributed by atoms with E-state index in [1.807, 2.05) is 27.7 Å². The van der Waals surface area contributed by atoms with Crippen LogP contribution in [0.1, 0.15) is 55.0 Å². The first-order valence-corrected chi connectivity index (χ1v) is 8.33. The minimum absolute atomic E-state index is 0.288. The minimum atomic E-state index is -0.412. The van der Waals surface area contributed by atoms with Crippen molar-refractivity contribution < 1.29 is 19.1 Å². The first-order chi connectivity index (χ1) is 11.8. The fourth-order valence-corrected chi connectivity index (χ4v) is 2.72. The lowest BCUT2D eigenvalue weighted by atomic mass is 10.0. The number of hydrogen-bond acceptors (Lipinski definition) is 5. The maximum Gasteiger partial charge on any atom is 0.340 e. The van der Waals surface area contributed by atoms with Crippen LogP contribution in [-0.4, -0.2) is 35.8 Å². The molecule has 1 aromatic heterocycles. The highest BCUT2D eigenvalue weighted by atomic mass is 16.5. The molecule has 0 unspecified atom stereocenters. The zero-order chi connectivity index (χ0) is 18.7. The Morgan fingerprint density at radius 2 is 1.64 bits per heavy atom. The Kier molecular flexibility index (Phi) is 5.62. The van der Waals surface area contributed by atoms with Crippen molar-refractivity contribution in [2.75, 3.05) is 13.2 Å². The number of ether oxygens (including phenoxy) is 2. The highest BCUT2D eigenvalue weighted by molar-refractivity contribution is 6.13. The first-order valence-electron chi connectivity index (χ1n) is 8.33. The number of allylic oxidation sites excluding steroid dienone is 1. The maximum absolute atomic E-state index is 12.3. The quantitative estimate of drug-likeness (QED) is 0.829. The molecule has 0 fully saturated rings. The molecule has 1 aliphatic rings. The number of H-pyrrole nitrogens is 1. The predicted molar refractivity (Wildman–Crippen MR) is 96.6 cm³/mol. The maximum atomic E-state index is 12.3. The fraction of sp³-hybridized carbons (Fsp3) is 0.421. The lowest BCUT2D eigenvalue weighted by Gasteiger charge is -2.06. The third kappa shape index (κ3) is 3.57. The zero-order valence-corrected chi connectivity index (χ0v) is 15.6. The van der Waals surface area contributed by atoms with Crippen LogP contribution in [0.5, 0.6) is 0 Å². The van der Waals surface area contributed by atoms with Gasteiger partial charge in [0.2, 0.25) is 0 Å². The van der Waals surface area contributed by atoms with Crippen LogP contribution in [0.15, 0.2) is 21.8 Å². The summed E-state index contributed by atoms with van der Waals surface area (Å²) in [4.78, 5) is 32.3. The minimum Gasteiger partial charge on any atom is -0.462 e. The summed E-state index contributed by atoms with van der Waals surface area (Å²) >= 11 is 0. The summed E-state index contributed by atoms with van der Waals surface area (Å²) in [5, 5.41) is 0. The van der Waals surface area contributed by atoms with E-state index in [0.29, 0.717) is 29.1 Å². The van der Waals surface area contributed by atoms with Gasteiger partial charge in [0.05, 0.1) is 35.7 Å². The molecule has 6 nitrogen and oxygen atoms in total. The standard InChI is InChI=1S/C19H24N2O4/c1-7-24-18(22)16-10(3)12(5)20-14(16)9-15-17(19(23)25-8-2)11(4)13(6)21-15/h9,20H,7-8H2,1-6H3/b15-9-. The summed E-state index contributed by atoms with van der Waals surface area (Å²) < 4.78 is 10.3. The number of aliphatic imine (C=N–C) groups is 1. The molecule has 0 bridgehead atoms. The van der Waals surface area contributed by atoms with E-state index in [-0.39, 0.29) is 6.61 Å². The number of carbonyl (C=O) groups is 2. The number of aromatic amines is 1. The number of nitrogens with one attached hydrogen (secondary N) is 1. The van der Waals surface area contributed by atoms with E-state index < -0.39 is 11.9 Å². The van der Waals surface area contributed by atoms with Gasteiger partial charge in [-0.15, -0.1) is 0 Å². The second-order valence-corrected chi connectivity index (χ2v) is 5.83. The molecule has 0 saturated heterocycles. The van der Waals surface area contributed by atoms with Crippen molar-refractivity contribution in [3.63, 3.8) is 0 Å². The second kappa shape index (κ2) is 7.51. The first kappa shape index (κ1) is 18.7. The predicted octanol–water partition coefficient (Wildman–Crippen LogP) is 3.50. The van der Waals surface area contributed by atoms with Crippen LogP contribution in [0.25, 0.3) is 6.08 Å². The van der Waals surface area contributed by atoms with E-state index in [2.05, 4.69) is 9.98 Å². The lowest BCUT2D eigenvalue weighted by Crippen LogP contribution is -2.10. The largest absolute Gasteiger partial charge is 0.462 e. The molecule has 0 saturated carbocycles. The molecule has 134 valence electrons. The zero-order valence-electron chi connectivity index (χ0n) is 15.6. The number of aryl methyl sites for hydroxylation is 1. The molecule has 0 aliphatic carbocycles. The van der Waals surface area contributed by atoms with E-state index in [9.17, 15) is 9.59 Å². The van der Waals surface area contributed by atoms with Gasteiger partial charge in [0.25, 0.3) is 0 Å². The van der Waals surface area contributed by atoms with Gasteiger partial charge in [0.15, 0.2) is 0 Å². The van der Waals surface area contributed by atoms with Crippen LogP contribution < -0.4 is 0 Å². The molecule has 0 amide bonds. The molecule has 0 spiro atoms. The Bertz CT molecular complexity index is 810. The van der Waals surface area contributed by atoms with Crippen LogP contribution in [0.4, 0.5) is 0 Å². The number of nitrogens with zero attached hydrogens (tertiary/aromatic N) is 1. The smallest absolute Gasteiger partial charge is 0.340 e. The van der Waals surface area contributed by atoms with Crippen LogP contribution in [-0.2, 0) is 14.3 Å². The van der Waals surface area contributed by atoms with Crippen LogP contribution in [0, 0.1) is 13.8 Å². The van der Waals surface area contributed by atoms with Gasteiger partial charge in [0, 0.05) is 11.4 Å². The van der Waals surface area contributed by atoms with E-state index in [1.54, 1.807) is 19.9 Å². The summed E-state index contributed by atoms with van der Waals surface area (Å²) in [5.74, 6) is -0.808. The van der Waals surface area contributed by atoms with Gasteiger partial charge in [-0.3, -0.25) is 4.99 Å². The van der Waals surface area contributed by atoms with Crippen molar-refractivity contribution >= 4 is 23.7 Å². The topological polar surface area (TPSA) is 80.8 Å². The van der Waals surface area contributed by atoms with Crippen molar-refractivity contribution in [1.29, 1.82) is 0 Å². The molecule has 6 heteroatoms. The molecule has 0 atom stereocenters. The molecule has 1 aliphatic heterocycles. The molecule has 1 aromatic rings. The Morgan fingerprint density at radius 1 is 1.04 bits per heavy atom. The molecule has 0 radical (unpaired) electrons. The Balaban J connectivity index is 2.55. The van der Waals surface area contributed by atoms with Gasteiger partial charge in [-0.1, -0.05) is 0 Å². The van der Waals surface area contributed by atoms with E-state index in [0.717, 1.165) is 22.5 Å². The Morgan fingerprint density at radius 3 is 2.24 bits per heavy atom. The number of aromatic nitrogens is 1. The van der Waals surface area contributed by atoms with Gasteiger partial charge >= 0.3 is 11.9 Å². The van der Waals surface area contributed by atoms with Gasteiger partial charge in [-0.2, -0.15) is 0 Å². The van der Waals surface area contributed by atoms with E-state index in [1.165, 1.54) is 0 Å². The number of hydrogen-bond donors (Lipinski definition) is 1. The van der Waals surface area contributed by atoms with Crippen molar-refractivity contribution in [2.45, 2.75) is 41.5 Å².